The van der Waals surface area contributed by atoms with E-state index in [-0.39, 0.29) is 11.5 Å². The van der Waals surface area contributed by atoms with Crippen molar-refractivity contribution in [2.45, 2.75) is 6.92 Å². The standard InChI is InChI=1S/C14H11FIN3O3S/c1-7-4-8(16)2-3-10(7)18-12-11(22-14(20)21)5-9-6-17-23-19(9)13(12)15/h2-6,17-18H,1H3,(H,20,21). The van der Waals surface area contributed by atoms with Crippen molar-refractivity contribution in [1.29, 1.82) is 0 Å². The minimum absolute atomic E-state index is 0.0370. The number of halogens is 2. The third-order valence-corrected chi connectivity index (χ3v) is 4.59. The summed E-state index contributed by atoms with van der Waals surface area (Å²) in [6.45, 7) is 1.88. The first-order valence-corrected chi connectivity index (χ1v) is 8.29. The summed E-state index contributed by atoms with van der Waals surface area (Å²) in [5.74, 6) is -0.734. The van der Waals surface area contributed by atoms with Crippen molar-refractivity contribution < 1.29 is 19.0 Å². The summed E-state index contributed by atoms with van der Waals surface area (Å²) < 4.78 is 24.6. The van der Waals surface area contributed by atoms with E-state index in [9.17, 15) is 9.18 Å². The normalized spacial score (nSPS) is 16.4. The highest BCUT2D eigenvalue weighted by atomic mass is 127. The van der Waals surface area contributed by atoms with E-state index in [1.807, 2.05) is 19.1 Å². The van der Waals surface area contributed by atoms with Crippen molar-refractivity contribution in [1.82, 2.24) is 9.03 Å². The van der Waals surface area contributed by atoms with Gasteiger partial charge in [0.1, 0.15) is 5.70 Å². The first-order chi connectivity index (χ1) is 11.0. The van der Waals surface area contributed by atoms with E-state index in [1.54, 1.807) is 12.3 Å². The monoisotopic (exact) mass is 447 g/mol. The van der Waals surface area contributed by atoms with Gasteiger partial charge >= 0.3 is 6.16 Å². The number of rotatable bonds is 3. The van der Waals surface area contributed by atoms with Crippen LogP contribution in [0.1, 0.15) is 5.56 Å². The SMILES string of the molecule is Cc1cc(I)ccc1NC1=C(F)N2SNC=C2C=C1OC(=O)O. The zero-order valence-electron chi connectivity index (χ0n) is 11.8. The van der Waals surface area contributed by atoms with Gasteiger partial charge in [-0.25, -0.2) is 9.10 Å². The Morgan fingerprint density at radius 2 is 2.30 bits per heavy atom. The Balaban J connectivity index is 1.99. The highest BCUT2D eigenvalue weighted by Crippen LogP contribution is 2.38. The number of aryl methyl sites for hydroxylation is 1. The Labute approximate surface area is 149 Å². The minimum atomic E-state index is -1.50. The number of allylic oxidation sites excluding steroid dienone is 1. The van der Waals surface area contributed by atoms with Gasteiger partial charge in [-0.15, -0.1) is 0 Å². The molecular weight excluding hydrogens is 436 g/mol. The van der Waals surface area contributed by atoms with Crippen LogP contribution in [0.25, 0.3) is 0 Å². The molecule has 3 N–H and O–H groups in total. The number of anilines is 1. The molecule has 0 saturated carbocycles. The first kappa shape index (κ1) is 16.0. The Hall–Kier alpha value is -1.88. The minimum Gasteiger partial charge on any atom is -0.449 e. The number of carboxylic acid groups (broad SMARTS) is 1. The molecule has 0 spiro atoms. The van der Waals surface area contributed by atoms with E-state index in [0.29, 0.717) is 11.4 Å². The maximum Gasteiger partial charge on any atom is 0.511 e. The van der Waals surface area contributed by atoms with Crippen molar-refractivity contribution in [3.05, 3.63) is 62.7 Å². The summed E-state index contributed by atoms with van der Waals surface area (Å²) >= 11 is 3.23. The number of benzene rings is 1. The molecule has 0 fully saturated rings. The number of carbonyl (C=O) groups is 1. The molecule has 3 rings (SSSR count). The van der Waals surface area contributed by atoms with Crippen LogP contribution in [0.2, 0.25) is 0 Å². The number of nitrogens with one attached hydrogen (secondary N) is 2. The summed E-state index contributed by atoms with van der Waals surface area (Å²) in [5.41, 5.74) is 2.00. The molecule has 1 aromatic carbocycles. The van der Waals surface area contributed by atoms with E-state index in [1.165, 1.54) is 10.4 Å². The average molecular weight is 447 g/mol. The summed E-state index contributed by atoms with van der Waals surface area (Å²) in [4.78, 5) is 10.9. The molecule has 0 radical (unpaired) electrons. The average Bonchev–Trinajstić information content (AvgIpc) is 2.93. The van der Waals surface area contributed by atoms with Crippen molar-refractivity contribution in [3.63, 3.8) is 0 Å². The predicted octanol–water partition coefficient (Wildman–Crippen LogP) is 4.05. The van der Waals surface area contributed by atoms with Gasteiger partial charge in [0.2, 0.25) is 5.95 Å². The van der Waals surface area contributed by atoms with E-state index in [4.69, 9.17) is 9.84 Å². The Bertz CT molecular complexity index is 779. The largest absolute Gasteiger partial charge is 0.511 e. The van der Waals surface area contributed by atoms with E-state index < -0.39 is 12.1 Å². The number of hydrogen-bond donors (Lipinski definition) is 3. The number of hydrogen-bond acceptors (Lipinski definition) is 6. The lowest BCUT2D eigenvalue weighted by molar-refractivity contribution is 0.120. The van der Waals surface area contributed by atoms with E-state index in [0.717, 1.165) is 21.3 Å². The van der Waals surface area contributed by atoms with Crippen LogP contribution < -0.4 is 10.0 Å². The topological polar surface area (TPSA) is 73.8 Å². The van der Waals surface area contributed by atoms with Crippen molar-refractivity contribution in [3.8, 4) is 0 Å². The molecule has 0 aliphatic carbocycles. The zero-order valence-corrected chi connectivity index (χ0v) is 14.7. The zero-order chi connectivity index (χ0) is 16.6. The third kappa shape index (κ3) is 3.24. The maximum absolute atomic E-state index is 14.7. The molecule has 2 heterocycles. The second kappa shape index (κ2) is 6.32. The fourth-order valence-electron chi connectivity index (χ4n) is 2.10. The molecule has 23 heavy (non-hydrogen) atoms. The molecule has 6 nitrogen and oxygen atoms in total. The van der Waals surface area contributed by atoms with Crippen LogP contribution in [0.3, 0.4) is 0 Å². The van der Waals surface area contributed by atoms with Gasteiger partial charge in [-0.3, -0.25) is 0 Å². The molecule has 120 valence electrons. The summed E-state index contributed by atoms with van der Waals surface area (Å²) in [6, 6.07) is 5.61. The van der Waals surface area contributed by atoms with Gasteiger partial charge < -0.3 is 19.9 Å². The van der Waals surface area contributed by atoms with Gasteiger partial charge in [0.15, 0.2) is 5.76 Å². The second-order valence-electron chi connectivity index (χ2n) is 4.70. The Morgan fingerprint density at radius 1 is 1.52 bits per heavy atom. The fourth-order valence-corrected chi connectivity index (χ4v) is 3.41. The molecule has 1 aromatic rings. The fraction of sp³-hybridized carbons (Fsp3) is 0.0714. The van der Waals surface area contributed by atoms with Gasteiger partial charge in [-0.05, 0) is 53.3 Å². The Morgan fingerprint density at radius 3 is 3.00 bits per heavy atom. The van der Waals surface area contributed by atoms with Gasteiger partial charge in [-0.1, -0.05) is 0 Å². The summed E-state index contributed by atoms with van der Waals surface area (Å²) in [6.07, 6.45) is 1.51. The highest BCUT2D eigenvalue weighted by molar-refractivity contribution is 14.1. The lowest BCUT2D eigenvalue weighted by Crippen LogP contribution is -2.22. The molecule has 0 atom stereocenters. The van der Waals surface area contributed by atoms with Crippen molar-refractivity contribution in [2.24, 2.45) is 0 Å². The van der Waals surface area contributed by atoms with Crippen LogP contribution in [0.5, 0.6) is 0 Å². The van der Waals surface area contributed by atoms with Crippen molar-refractivity contribution >= 4 is 46.6 Å². The van der Waals surface area contributed by atoms with E-state index >= 15 is 0 Å². The highest BCUT2D eigenvalue weighted by Gasteiger charge is 2.32. The van der Waals surface area contributed by atoms with Crippen LogP contribution in [0.4, 0.5) is 14.9 Å². The molecule has 0 amide bonds. The molecule has 2 aliphatic heterocycles. The lowest BCUT2D eigenvalue weighted by atomic mass is 10.1. The van der Waals surface area contributed by atoms with Gasteiger partial charge in [0.05, 0.1) is 17.8 Å². The molecular formula is C14H11FIN3O3S. The van der Waals surface area contributed by atoms with Gasteiger partial charge in [-0.2, -0.15) is 4.39 Å². The van der Waals surface area contributed by atoms with E-state index in [2.05, 4.69) is 32.6 Å². The molecule has 0 bridgehead atoms. The maximum atomic E-state index is 14.7. The quantitative estimate of drug-likeness (QED) is 0.280. The lowest BCUT2D eigenvalue weighted by Gasteiger charge is -2.25. The van der Waals surface area contributed by atoms with Crippen LogP contribution in [-0.4, -0.2) is 15.6 Å². The molecule has 2 aliphatic rings. The first-order valence-electron chi connectivity index (χ1n) is 6.44. The molecule has 9 heteroatoms. The predicted molar refractivity (Wildman–Crippen MR) is 93.5 cm³/mol. The van der Waals surface area contributed by atoms with Crippen LogP contribution in [0, 0.1) is 10.5 Å². The van der Waals surface area contributed by atoms with Crippen LogP contribution >= 0.6 is 34.7 Å². The third-order valence-electron chi connectivity index (χ3n) is 3.14. The van der Waals surface area contributed by atoms with Gasteiger partial charge in [0.25, 0.3) is 0 Å². The number of nitrogens with zero attached hydrogens (tertiary/aromatic N) is 1. The summed E-state index contributed by atoms with van der Waals surface area (Å²) in [5, 5.41) is 11.8. The smallest absolute Gasteiger partial charge is 0.449 e. The number of ether oxygens (including phenoxy) is 1. The summed E-state index contributed by atoms with van der Waals surface area (Å²) in [7, 11) is 0. The number of fused-ring (bicyclic) bond motifs is 1. The second-order valence-corrected chi connectivity index (χ2v) is 6.73. The van der Waals surface area contributed by atoms with Crippen LogP contribution in [0.15, 0.2) is 53.6 Å². The van der Waals surface area contributed by atoms with Gasteiger partial charge in [0, 0.05) is 21.5 Å². The molecule has 0 unspecified atom stereocenters. The Kier molecular flexibility index (Phi) is 4.39. The van der Waals surface area contributed by atoms with Crippen molar-refractivity contribution in [2.75, 3.05) is 5.32 Å². The van der Waals surface area contributed by atoms with Crippen LogP contribution in [-0.2, 0) is 4.74 Å². The molecule has 0 aromatic heterocycles. The molecule has 0 saturated heterocycles.